The van der Waals surface area contributed by atoms with Gasteiger partial charge in [0.25, 0.3) is 11.8 Å². The molecular weight excluding hydrogens is 502 g/mol. The summed E-state index contributed by atoms with van der Waals surface area (Å²) in [7, 11) is 0. The van der Waals surface area contributed by atoms with Crippen LogP contribution in [0, 0.1) is 11.3 Å². The van der Waals surface area contributed by atoms with Crippen LogP contribution in [0.4, 0.5) is 0 Å². The van der Waals surface area contributed by atoms with Crippen LogP contribution < -0.4 is 4.74 Å². The van der Waals surface area contributed by atoms with E-state index in [1.807, 2.05) is 66.9 Å². The molecular formula is C32H27N5O3. The van der Waals surface area contributed by atoms with Crippen molar-refractivity contribution in [3.8, 4) is 28.8 Å². The molecule has 198 valence electrons. The van der Waals surface area contributed by atoms with Crippen LogP contribution in [0.25, 0.3) is 23.0 Å². The minimum atomic E-state index is -0.617. The van der Waals surface area contributed by atoms with Crippen molar-refractivity contribution in [2.45, 2.75) is 26.8 Å². The number of benzene rings is 2. The minimum Gasteiger partial charge on any atom is -0.494 e. The van der Waals surface area contributed by atoms with Gasteiger partial charge in [-0.25, -0.2) is 4.68 Å². The maximum atomic E-state index is 13.7. The summed E-state index contributed by atoms with van der Waals surface area (Å²) in [5.74, 6) is -0.335. The number of imide groups is 1. The second-order valence-corrected chi connectivity index (χ2v) is 9.31. The molecule has 0 spiro atoms. The van der Waals surface area contributed by atoms with E-state index in [1.165, 1.54) is 0 Å². The van der Waals surface area contributed by atoms with Crippen molar-refractivity contribution < 1.29 is 14.3 Å². The lowest BCUT2D eigenvalue weighted by atomic mass is 9.93. The van der Waals surface area contributed by atoms with Crippen molar-refractivity contribution in [1.82, 2.24) is 19.7 Å². The molecule has 1 aliphatic heterocycles. The summed E-state index contributed by atoms with van der Waals surface area (Å²) in [4.78, 5) is 32.0. The standard InChI is InChI=1S/C32H27N5O3/c1-3-16-40-27-13-11-24(12-14-27)30-25(21-37(35-30)26-9-5-4-6-10-26)17-28-22(2)29(18-33)32(39)36(31(28)38)20-23-8-7-15-34-19-23/h4-15,17,19,21H,3,16,20H2,1-2H3/b28-17+. The number of nitrogens with zero attached hydrogens (tertiary/aromatic N) is 5. The minimum absolute atomic E-state index is 0.0106. The fraction of sp³-hybridized carbons (Fsp3) is 0.156. The summed E-state index contributed by atoms with van der Waals surface area (Å²) in [5.41, 5.74) is 4.21. The van der Waals surface area contributed by atoms with Crippen molar-refractivity contribution in [3.63, 3.8) is 0 Å². The highest BCUT2D eigenvalue weighted by Crippen LogP contribution is 2.32. The fourth-order valence-electron chi connectivity index (χ4n) is 4.46. The lowest BCUT2D eigenvalue weighted by molar-refractivity contribution is -0.141. The maximum Gasteiger partial charge on any atom is 0.271 e. The molecule has 0 N–H and O–H groups in total. The lowest BCUT2D eigenvalue weighted by Crippen LogP contribution is -2.42. The zero-order valence-electron chi connectivity index (χ0n) is 22.2. The summed E-state index contributed by atoms with van der Waals surface area (Å²) in [6.45, 7) is 4.32. The van der Waals surface area contributed by atoms with Crippen LogP contribution in [-0.4, -0.2) is 38.1 Å². The average molecular weight is 530 g/mol. The lowest BCUT2D eigenvalue weighted by Gasteiger charge is -2.27. The van der Waals surface area contributed by atoms with Crippen LogP contribution in [-0.2, 0) is 16.1 Å². The Hall–Kier alpha value is -5.29. The number of hydrogen-bond donors (Lipinski definition) is 0. The molecule has 2 amide bonds. The molecule has 0 atom stereocenters. The van der Waals surface area contributed by atoms with Gasteiger partial charge in [0.2, 0.25) is 0 Å². The molecule has 0 saturated carbocycles. The van der Waals surface area contributed by atoms with Crippen LogP contribution in [0.1, 0.15) is 31.4 Å². The number of amides is 2. The molecule has 0 unspecified atom stereocenters. The topological polar surface area (TPSA) is 101 Å². The summed E-state index contributed by atoms with van der Waals surface area (Å²) < 4.78 is 7.48. The van der Waals surface area contributed by atoms with Crippen LogP contribution in [0.5, 0.6) is 5.75 Å². The third kappa shape index (κ3) is 5.31. The van der Waals surface area contributed by atoms with Crippen molar-refractivity contribution in [2.24, 2.45) is 0 Å². The summed E-state index contributed by atoms with van der Waals surface area (Å²) in [6, 6.07) is 22.8. The van der Waals surface area contributed by atoms with Gasteiger partial charge in [-0.1, -0.05) is 31.2 Å². The van der Waals surface area contributed by atoms with Gasteiger partial charge in [-0.15, -0.1) is 0 Å². The van der Waals surface area contributed by atoms with Gasteiger partial charge < -0.3 is 4.74 Å². The van der Waals surface area contributed by atoms with Gasteiger partial charge in [0.05, 0.1) is 24.5 Å². The average Bonchev–Trinajstić information content (AvgIpc) is 3.42. The molecule has 2 aromatic carbocycles. The molecule has 1 aliphatic rings. The van der Waals surface area contributed by atoms with Crippen molar-refractivity contribution in [2.75, 3.05) is 6.61 Å². The number of ether oxygens (including phenoxy) is 1. The Labute approximate surface area is 232 Å². The molecule has 0 bridgehead atoms. The first-order valence-corrected chi connectivity index (χ1v) is 13.0. The summed E-state index contributed by atoms with van der Waals surface area (Å²) in [5, 5.41) is 14.7. The smallest absolute Gasteiger partial charge is 0.271 e. The van der Waals surface area contributed by atoms with Gasteiger partial charge in [0.1, 0.15) is 17.4 Å². The van der Waals surface area contributed by atoms with Crippen molar-refractivity contribution >= 4 is 17.9 Å². The van der Waals surface area contributed by atoms with Gasteiger partial charge >= 0.3 is 0 Å². The molecule has 8 nitrogen and oxygen atoms in total. The Morgan fingerprint density at radius 2 is 1.77 bits per heavy atom. The normalized spacial score (nSPS) is 14.5. The largest absolute Gasteiger partial charge is 0.494 e. The second kappa shape index (κ2) is 11.6. The Balaban J connectivity index is 1.61. The molecule has 0 aliphatic carbocycles. The van der Waals surface area contributed by atoms with E-state index in [1.54, 1.807) is 42.2 Å². The third-order valence-corrected chi connectivity index (χ3v) is 6.55. The number of nitriles is 1. The third-order valence-electron chi connectivity index (χ3n) is 6.55. The Kier molecular flexibility index (Phi) is 7.65. The van der Waals surface area contributed by atoms with Gasteiger partial charge in [-0.2, -0.15) is 10.4 Å². The first-order valence-electron chi connectivity index (χ1n) is 13.0. The highest BCUT2D eigenvalue weighted by atomic mass is 16.5. The van der Waals surface area contributed by atoms with Crippen molar-refractivity contribution in [1.29, 1.82) is 5.26 Å². The molecule has 4 aromatic rings. The zero-order chi connectivity index (χ0) is 28.1. The molecule has 5 rings (SSSR count). The van der Waals surface area contributed by atoms with Crippen molar-refractivity contribution in [3.05, 3.63) is 113 Å². The second-order valence-electron chi connectivity index (χ2n) is 9.31. The Morgan fingerprint density at radius 3 is 2.45 bits per heavy atom. The number of carbonyl (C=O) groups is 2. The van der Waals surface area contributed by atoms with E-state index >= 15 is 0 Å². The fourth-order valence-corrected chi connectivity index (χ4v) is 4.46. The van der Waals surface area contributed by atoms with Gasteiger partial charge in [-0.3, -0.25) is 19.5 Å². The number of pyridine rings is 1. The molecule has 40 heavy (non-hydrogen) atoms. The highest BCUT2D eigenvalue weighted by molar-refractivity contribution is 6.19. The first kappa shape index (κ1) is 26.3. The van der Waals surface area contributed by atoms with Crippen LogP contribution in [0.15, 0.2) is 102 Å². The summed E-state index contributed by atoms with van der Waals surface area (Å²) in [6.07, 6.45) is 7.67. The number of carbonyl (C=O) groups excluding carboxylic acids is 2. The van der Waals surface area contributed by atoms with Gasteiger partial charge in [0, 0.05) is 35.3 Å². The van der Waals surface area contributed by atoms with Crippen LogP contribution >= 0.6 is 0 Å². The summed E-state index contributed by atoms with van der Waals surface area (Å²) >= 11 is 0. The molecule has 0 radical (unpaired) electrons. The van der Waals surface area contributed by atoms with Gasteiger partial charge in [-0.05, 0) is 73.0 Å². The first-order chi connectivity index (χ1) is 19.5. The van der Waals surface area contributed by atoms with Crippen LogP contribution in [0.3, 0.4) is 0 Å². The quantitative estimate of drug-likeness (QED) is 0.220. The number of para-hydroxylation sites is 1. The van der Waals surface area contributed by atoms with Crippen LogP contribution in [0.2, 0.25) is 0 Å². The number of rotatable bonds is 8. The van der Waals surface area contributed by atoms with E-state index in [2.05, 4.69) is 11.9 Å². The molecule has 0 fully saturated rings. The Bertz CT molecular complexity index is 1650. The van der Waals surface area contributed by atoms with E-state index in [0.717, 1.165) is 28.3 Å². The maximum absolute atomic E-state index is 13.7. The molecule has 8 heteroatoms. The molecule has 3 heterocycles. The number of aromatic nitrogens is 3. The predicted molar refractivity (Wildman–Crippen MR) is 151 cm³/mol. The highest BCUT2D eigenvalue weighted by Gasteiger charge is 2.35. The Morgan fingerprint density at radius 1 is 1.00 bits per heavy atom. The monoisotopic (exact) mass is 529 g/mol. The molecule has 0 saturated heterocycles. The number of hydrogen-bond acceptors (Lipinski definition) is 6. The molecule has 2 aromatic heterocycles. The zero-order valence-corrected chi connectivity index (χ0v) is 22.2. The van der Waals surface area contributed by atoms with E-state index in [0.29, 0.717) is 29.0 Å². The SMILES string of the molecule is CCCOc1ccc(-c2nn(-c3ccccc3)cc2/C=C2/C(=O)N(Cc3cccnc3)C(=O)C(C#N)=C2C)cc1. The predicted octanol–water partition coefficient (Wildman–Crippen LogP) is 5.52. The van der Waals surface area contributed by atoms with Gasteiger partial charge in [0.15, 0.2) is 0 Å². The van der Waals surface area contributed by atoms with E-state index in [4.69, 9.17) is 9.84 Å². The van der Waals surface area contributed by atoms with E-state index in [-0.39, 0.29) is 17.7 Å². The van der Waals surface area contributed by atoms with E-state index in [9.17, 15) is 14.9 Å². The van der Waals surface area contributed by atoms with E-state index < -0.39 is 11.8 Å².